The number of hydrogen-bond donors (Lipinski definition) is 0. The summed E-state index contributed by atoms with van der Waals surface area (Å²) >= 11 is 0. The Balaban J connectivity index is 2.57. The first kappa shape index (κ1) is 10.4. The molecule has 1 heterocycles. The Kier molecular flexibility index (Phi) is 2.22. The van der Waals surface area contributed by atoms with Crippen LogP contribution in [0.3, 0.4) is 0 Å². The third-order valence-electron chi connectivity index (χ3n) is 3.38. The predicted octanol–water partition coefficient (Wildman–Crippen LogP) is 5.02. The predicted molar refractivity (Wildman–Crippen MR) is 72.5 cm³/mol. The SMILES string of the molecule is Cc1cccc2oc3cccc(C(C)C)c3c12. The minimum Gasteiger partial charge on any atom is -0.456 e. The van der Waals surface area contributed by atoms with Crippen molar-refractivity contribution < 1.29 is 4.42 Å². The second-order valence-corrected chi connectivity index (χ2v) is 4.93. The molecule has 0 unspecified atom stereocenters. The van der Waals surface area contributed by atoms with E-state index in [1.54, 1.807) is 0 Å². The van der Waals surface area contributed by atoms with Crippen LogP contribution in [0.4, 0.5) is 0 Å². The van der Waals surface area contributed by atoms with E-state index >= 15 is 0 Å². The van der Waals surface area contributed by atoms with Crippen molar-refractivity contribution >= 4 is 21.9 Å². The monoisotopic (exact) mass is 224 g/mol. The third-order valence-corrected chi connectivity index (χ3v) is 3.38. The maximum atomic E-state index is 5.92. The Morgan fingerprint density at radius 2 is 1.53 bits per heavy atom. The molecule has 1 heteroatoms. The first-order valence-corrected chi connectivity index (χ1v) is 6.09. The summed E-state index contributed by atoms with van der Waals surface area (Å²) in [4.78, 5) is 0. The number of fused-ring (bicyclic) bond motifs is 3. The lowest BCUT2D eigenvalue weighted by Crippen LogP contribution is -1.88. The quantitative estimate of drug-likeness (QED) is 0.565. The van der Waals surface area contributed by atoms with Gasteiger partial charge in [-0.05, 0) is 36.1 Å². The van der Waals surface area contributed by atoms with Crippen LogP contribution in [-0.4, -0.2) is 0 Å². The Labute approximate surface area is 101 Å². The zero-order chi connectivity index (χ0) is 12.0. The molecule has 3 rings (SSSR count). The number of aryl methyl sites for hydroxylation is 1. The molecule has 0 saturated carbocycles. The number of benzene rings is 2. The smallest absolute Gasteiger partial charge is 0.135 e. The highest BCUT2D eigenvalue weighted by Crippen LogP contribution is 2.35. The van der Waals surface area contributed by atoms with Crippen LogP contribution >= 0.6 is 0 Å². The summed E-state index contributed by atoms with van der Waals surface area (Å²) in [5.41, 5.74) is 4.65. The van der Waals surface area contributed by atoms with Crippen LogP contribution in [0.15, 0.2) is 40.8 Å². The van der Waals surface area contributed by atoms with Gasteiger partial charge in [-0.1, -0.05) is 38.1 Å². The van der Waals surface area contributed by atoms with Gasteiger partial charge in [0.2, 0.25) is 0 Å². The summed E-state index contributed by atoms with van der Waals surface area (Å²) in [7, 11) is 0. The Morgan fingerprint density at radius 1 is 0.882 bits per heavy atom. The van der Waals surface area contributed by atoms with Crippen LogP contribution in [0.2, 0.25) is 0 Å². The Hall–Kier alpha value is -1.76. The van der Waals surface area contributed by atoms with Crippen molar-refractivity contribution in [2.45, 2.75) is 26.7 Å². The highest BCUT2D eigenvalue weighted by atomic mass is 16.3. The van der Waals surface area contributed by atoms with Gasteiger partial charge in [-0.2, -0.15) is 0 Å². The number of hydrogen-bond acceptors (Lipinski definition) is 1. The molecule has 0 aliphatic carbocycles. The van der Waals surface area contributed by atoms with Crippen molar-refractivity contribution in [1.82, 2.24) is 0 Å². The maximum Gasteiger partial charge on any atom is 0.135 e. The number of furan rings is 1. The molecule has 0 radical (unpaired) electrons. The van der Waals surface area contributed by atoms with E-state index in [0.717, 1.165) is 11.2 Å². The largest absolute Gasteiger partial charge is 0.456 e. The van der Waals surface area contributed by atoms with E-state index in [0.29, 0.717) is 5.92 Å². The summed E-state index contributed by atoms with van der Waals surface area (Å²) < 4.78 is 5.92. The molecule has 0 N–H and O–H groups in total. The fraction of sp³-hybridized carbons (Fsp3) is 0.250. The highest BCUT2D eigenvalue weighted by Gasteiger charge is 2.13. The second-order valence-electron chi connectivity index (χ2n) is 4.93. The van der Waals surface area contributed by atoms with Gasteiger partial charge in [0.05, 0.1) is 0 Å². The maximum absolute atomic E-state index is 5.92. The van der Waals surface area contributed by atoms with Crippen molar-refractivity contribution in [3.8, 4) is 0 Å². The van der Waals surface area contributed by atoms with E-state index in [-0.39, 0.29) is 0 Å². The zero-order valence-electron chi connectivity index (χ0n) is 10.4. The molecule has 0 aliphatic heterocycles. The molecule has 0 bridgehead atoms. The molecule has 17 heavy (non-hydrogen) atoms. The van der Waals surface area contributed by atoms with Crippen LogP contribution < -0.4 is 0 Å². The molecule has 3 aromatic rings. The van der Waals surface area contributed by atoms with Crippen LogP contribution in [0.5, 0.6) is 0 Å². The topological polar surface area (TPSA) is 13.1 Å². The summed E-state index contributed by atoms with van der Waals surface area (Å²) in [6.45, 7) is 6.60. The normalized spacial score (nSPS) is 11.8. The summed E-state index contributed by atoms with van der Waals surface area (Å²) in [6, 6.07) is 12.6. The lowest BCUT2D eigenvalue weighted by atomic mass is 9.96. The first-order valence-electron chi connectivity index (χ1n) is 6.09. The van der Waals surface area contributed by atoms with Crippen molar-refractivity contribution in [2.75, 3.05) is 0 Å². The van der Waals surface area contributed by atoms with Gasteiger partial charge >= 0.3 is 0 Å². The lowest BCUT2D eigenvalue weighted by Gasteiger charge is -2.07. The lowest BCUT2D eigenvalue weighted by molar-refractivity contribution is 0.668. The van der Waals surface area contributed by atoms with Gasteiger partial charge in [0.25, 0.3) is 0 Å². The van der Waals surface area contributed by atoms with E-state index < -0.39 is 0 Å². The molecule has 2 aromatic carbocycles. The van der Waals surface area contributed by atoms with Gasteiger partial charge in [-0.25, -0.2) is 0 Å². The van der Waals surface area contributed by atoms with Crippen molar-refractivity contribution in [1.29, 1.82) is 0 Å². The number of rotatable bonds is 1. The molecule has 86 valence electrons. The molecular formula is C16H16O. The van der Waals surface area contributed by atoms with E-state index in [2.05, 4.69) is 51.1 Å². The van der Waals surface area contributed by atoms with Crippen LogP contribution in [0.1, 0.15) is 30.9 Å². The van der Waals surface area contributed by atoms with Crippen molar-refractivity contribution in [3.05, 3.63) is 47.5 Å². The van der Waals surface area contributed by atoms with Gasteiger partial charge in [0.1, 0.15) is 11.2 Å². The highest BCUT2D eigenvalue weighted by molar-refractivity contribution is 6.08. The summed E-state index contributed by atoms with van der Waals surface area (Å²) in [5, 5.41) is 2.56. The van der Waals surface area contributed by atoms with Crippen LogP contribution in [0.25, 0.3) is 21.9 Å². The molecular weight excluding hydrogens is 208 g/mol. The Bertz CT molecular complexity index is 689. The van der Waals surface area contributed by atoms with Crippen molar-refractivity contribution in [3.63, 3.8) is 0 Å². The second kappa shape index (κ2) is 3.63. The molecule has 0 aliphatic rings. The van der Waals surface area contributed by atoms with Gasteiger partial charge in [-0.15, -0.1) is 0 Å². The molecule has 0 fully saturated rings. The molecule has 0 amide bonds. The summed E-state index contributed by atoms with van der Waals surface area (Å²) in [6.07, 6.45) is 0. The molecule has 1 nitrogen and oxygen atoms in total. The van der Waals surface area contributed by atoms with Gasteiger partial charge in [-0.3, -0.25) is 0 Å². The standard InChI is InChI=1S/C16H16O/c1-10(2)12-7-5-9-14-16(12)15-11(3)6-4-8-13(15)17-14/h4-10H,1-3H3. The fourth-order valence-corrected chi connectivity index (χ4v) is 2.55. The average Bonchev–Trinajstić information content (AvgIpc) is 2.67. The average molecular weight is 224 g/mol. The van der Waals surface area contributed by atoms with Gasteiger partial charge < -0.3 is 4.42 Å². The summed E-state index contributed by atoms with van der Waals surface area (Å²) in [5.74, 6) is 0.513. The third kappa shape index (κ3) is 1.46. The van der Waals surface area contributed by atoms with E-state index in [1.165, 1.54) is 21.9 Å². The minimum absolute atomic E-state index is 0.513. The minimum atomic E-state index is 0.513. The zero-order valence-corrected chi connectivity index (χ0v) is 10.4. The van der Waals surface area contributed by atoms with Crippen LogP contribution in [-0.2, 0) is 0 Å². The van der Waals surface area contributed by atoms with Crippen LogP contribution in [0, 0.1) is 6.92 Å². The van der Waals surface area contributed by atoms with E-state index in [9.17, 15) is 0 Å². The van der Waals surface area contributed by atoms with Gasteiger partial charge in [0, 0.05) is 10.8 Å². The van der Waals surface area contributed by atoms with E-state index in [1.807, 2.05) is 6.07 Å². The molecule has 0 spiro atoms. The van der Waals surface area contributed by atoms with E-state index in [4.69, 9.17) is 4.42 Å². The Morgan fingerprint density at radius 3 is 2.24 bits per heavy atom. The van der Waals surface area contributed by atoms with Gasteiger partial charge in [0.15, 0.2) is 0 Å². The first-order chi connectivity index (χ1) is 8.18. The molecule has 1 aromatic heterocycles. The molecule has 0 saturated heterocycles. The molecule has 0 atom stereocenters. The van der Waals surface area contributed by atoms with Crippen molar-refractivity contribution in [2.24, 2.45) is 0 Å². The fourth-order valence-electron chi connectivity index (χ4n) is 2.55.